The fourth-order valence-electron chi connectivity index (χ4n) is 5.00. The standard InChI is InChI=1S/C29H33FO4/c1-32-28(33-2)10-6-7-17-34-23-14-11-21(12-15-23)29-24(20-8-4-3-5-9-20)16-13-22-18-27(31)26(30)19-25(22)29/h3-5,8-9,11-12,14-15,18-19,24,28-29,31H,6-7,10,13,16-17H2,1-2H3/t24-,29?/m1/s1. The SMILES string of the molecule is COC(CCCCOc1ccc(C2c3cc(F)c(O)cc3CC[C@@H]2c2ccccc2)cc1)OC. The van der Waals surface area contributed by atoms with Crippen molar-refractivity contribution < 1.29 is 23.7 Å². The van der Waals surface area contributed by atoms with E-state index in [4.69, 9.17) is 14.2 Å². The molecule has 0 saturated carbocycles. The van der Waals surface area contributed by atoms with Crippen molar-refractivity contribution in [3.05, 3.63) is 94.8 Å². The Bertz CT molecular complexity index is 1050. The van der Waals surface area contributed by atoms with Crippen LogP contribution in [0.3, 0.4) is 0 Å². The van der Waals surface area contributed by atoms with Gasteiger partial charge in [0.2, 0.25) is 0 Å². The van der Waals surface area contributed by atoms with Crippen LogP contribution in [-0.4, -0.2) is 32.2 Å². The molecule has 0 bridgehead atoms. The molecule has 1 N–H and O–H groups in total. The molecule has 1 aliphatic carbocycles. The predicted molar refractivity (Wildman–Crippen MR) is 131 cm³/mol. The van der Waals surface area contributed by atoms with E-state index >= 15 is 0 Å². The number of hydrogen-bond donors (Lipinski definition) is 1. The third kappa shape index (κ3) is 5.60. The molecule has 4 rings (SSSR count). The van der Waals surface area contributed by atoms with E-state index in [0.717, 1.165) is 54.5 Å². The second-order valence-electron chi connectivity index (χ2n) is 8.85. The number of ether oxygens (including phenoxy) is 3. The molecule has 2 atom stereocenters. The summed E-state index contributed by atoms with van der Waals surface area (Å²) in [6, 6.07) is 21.7. The number of benzene rings is 3. The number of fused-ring (bicyclic) bond motifs is 1. The minimum Gasteiger partial charge on any atom is -0.505 e. The van der Waals surface area contributed by atoms with Crippen molar-refractivity contribution in [3.63, 3.8) is 0 Å². The van der Waals surface area contributed by atoms with Crippen LogP contribution in [0.4, 0.5) is 4.39 Å². The van der Waals surface area contributed by atoms with E-state index in [9.17, 15) is 9.50 Å². The zero-order chi connectivity index (χ0) is 23.9. The molecule has 34 heavy (non-hydrogen) atoms. The lowest BCUT2D eigenvalue weighted by atomic mass is 9.69. The first-order valence-corrected chi connectivity index (χ1v) is 11.9. The molecule has 1 unspecified atom stereocenters. The number of methoxy groups -OCH3 is 2. The molecule has 0 aliphatic heterocycles. The Labute approximate surface area is 201 Å². The molecule has 0 amide bonds. The second kappa shape index (κ2) is 11.5. The van der Waals surface area contributed by atoms with Gasteiger partial charge in [0.05, 0.1) is 6.61 Å². The van der Waals surface area contributed by atoms with Crippen LogP contribution in [0, 0.1) is 5.82 Å². The number of unbranched alkanes of at least 4 members (excludes halogenated alkanes) is 1. The van der Waals surface area contributed by atoms with Crippen molar-refractivity contribution in [1.29, 1.82) is 0 Å². The average molecular weight is 465 g/mol. The minimum atomic E-state index is -0.568. The van der Waals surface area contributed by atoms with Gasteiger partial charge in [0.25, 0.3) is 0 Å². The van der Waals surface area contributed by atoms with Gasteiger partial charge in [0.1, 0.15) is 5.75 Å². The highest BCUT2D eigenvalue weighted by Crippen LogP contribution is 2.47. The Morgan fingerprint density at radius 2 is 1.68 bits per heavy atom. The van der Waals surface area contributed by atoms with E-state index < -0.39 is 5.82 Å². The lowest BCUT2D eigenvalue weighted by Crippen LogP contribution is -2.20. The van der Waals surface area contributed by atoms with Gasteiger partial charge in [-0.25, -0.2) is 4.39 Å². The second-order valence-corrected chi connectivity index (χ2v) is 8.85. The average Bonchev–Trinajstić information content (AvgIpc) is 2.87. The molecule has 0 aromatic heterocycles. The van der Waals surface area contributed by atoms with E-state index in [-0.39, 0.29) is 23.9 Å². The topological polar surface area (TPSA) is 47.9 Å². The summed E-state index contributed by atoms with van der Waals surface area (Å²) >= 11 is 0. The summed E-state index contributed by atoms with van der Waals surface area (Å²) in [5.41, 5.74) is 4.34. The first kappa shape index (κ1) is 24.2. The molecule has 1 aliphatic rings. The number of hydrogen-bond acceptors (Lipinski definition) is 4. The molecule has 3 aromatic carbocycles. The predicted octanol–water partition coefficient (Wildman–Crippen LogP) is 6.56. The maximum Gasteiger partial charge on any atom is 0.165 e. The lowest BCUT2D eigenvalue weighted by molar-refractivity contribution is -0.107. The zero-order valence-corrected chi connectivity index (χ0v) is 19.9. The van der Waals surface area contributed by atoms with E-state index in [2.05, 4.69) is 36.4 Å². The van der Waals surface area contributed by atoms with Gasteiger partial charge in [-0.1, -0.05) is 42.5 Å². The smallest absolute Gasteiger partial charge is 0.165 e. The largest absolute Gasteiger partial charge is 0.505 e. The molecule has 0 saturated heterocycles. The Kier molecular flexibility index (Phi) is 8.20. The molecule has 4 nitrogen and oxygen atoms in total. The van der Waals surface area contributed by atoms with Crippen LogP contribution in [0.25, 0.3) is 0 Å². The van der Waals surface area contributed by atoms with Gasteiger partial charge in [0.15, 0.2) is 17.9 Å². The highest BCUT2D eigenvalue weighted by molar-refractivity contribution is 5.48. The number of rotatable bonds is 10. The van der Waals surface area contributed by atoms with Gasteiger partial charge in [-0.3, -0.25) is 0 Å². The Morgan fingerprint density at radius 3 is 2.38 bits per heavy atom. The van der Waals surface area contributed by atoms with Crippen molar-refractivity contribution in [3.8, 4) is 11.5 Å². The maximum absolute atomic E-state index is 14.4. The van der Waals surface area contributed by atoms with Crippen molar-refractivity contribution in [2.75, 3.05) is 20.8 Å². The number of aryl methyl sites for hydroxylation is 1. The highest BCUT2D eigenvalue weighted by Gasteiger charge is 2.33. The van der Waals surface area contributed by atoms with Gasteiger partial charge >= 0.3 is 0 Å². The Hall–Kier alpha value is -2.89. The summed E-state index contributed by atoms with van der Waals surface area (Å²) in [5, 5.41) is 9.93. The van der Waals surface area contributed by atoms with Crippen molar-refractivity contribution in [2.24, 2.45) is 0 Å². The minimum absolute atomic E-state index is 0.00956. The van der Waals surface area contributed by atoms with E-state index in [1.807, 2.05) is 18.2 Å². The molecule has 0 fully saturated rings. The van der Waals surface area contributed by atoms with Crippen LogP contribution in [0.15, 0.2) is 66.7 Å². The van der Waals surface area contributed by atoms with Gasteiger partial charge in [-0.05, 0) is 84.5 Å². The molecule has 0 spiro atoms. The summed E-state index contributed by atoms with van der Waals surface area (Å²) in [7, 11) is 3.30. The van der Waals surface area contributed by atoms with Crippen LogP contribution in [0.5, 0.6) is 11.5 Å². The summed E-state index contributed by atoms with van der Waals surface area (Å²) in [6.07, 6.45) is 4.30. The third-order valence-electron chi connectivity index (χ3n) is 6.77. The van der Waals surface area contributed by atoms with Crippen LogP contribution in [0.2, 0.25) is 0 Å². The van der Waals surface area contributed by atoms with Crippen LogP contribution in [0.1, 0.15) is 59.8 Å². The molecule has 180 valence electrons. The number of phenolic OH excluding ortho intramolecular Hbond substituents is 1. The first-order chi connectivity index (χ1) is 16.6. The van der Waals surface area contributed by atoms with Crippen LogP contribution < -0.4 is 4.74 Å². The summed E-state index contributed by atoms with van der Waals surface area (Å²) in [6.45, 7) is 0.628. The lowest BCUT2D eigenvalue weighted by Gasteiger charge is -2.35. The van der Waals surface area contributed by atoms with E-state index in [1.54, 1.807) is 20.3 Å². The number of phenols is 1. The summed E-state index contributed by atoms with van der Waals surface area (Å²) in [5.74, 6) is 0.223. The fourth-order valence-corrected chi connectivity index (χ4v) is 5.00. The van der Waals surface area contributed by atoms with E-state index in [1.165, 1.54) is 11.6 Å². The van der Waals surface area contributed by atoms with E-state index in [0.29, 0.717) is 6.61 Å². The summed E-state index contributed by atoms with van der Waals surface area (Å²) < 4.78 is 30.8. The van der Waals surface area contributed by atoms with Gasteiger partial charge in [-0.2, -0.15) is 0 Å². The molecular formula is C29H33FO4. The molecule has 5 heteroatoms. The van der Waals surface area contributed by atoms with Crippen LogP contribution >= 0.6 is 0 Å². The van der Waals surface area contributed by atoms with Crippen molar-refractivity contribution >= 4 is 0 Å². The Morgan fingerprint density at radius 1 is 0.941 bits per heavy atom. The molecule has 0 heterocycles. The van der Waals surface area contributed by atoms with Gasteiger partial charge in [0, 0.05) is 20.1 Å². The van der Waals surface area contributed by atoms with Crippen molar-refractivity contribution in [2.45, 2.75) is 50.2 Å². The van der Waals surface area contributed by atoms with Gasteiger partial charge in [-0.15, -0.1) is 0 Å². The molecule has 0 radical (unpaired) electrons. The maximum atomic E-state index is 14.4. The molecule has 3 aromatic rings. The number of aromatic hydroxyl groups is 1. The highest BCUT2D eigenvalue weighted by atomic mass is 19.1. The number of halogens is 1. The van der Waals surface area contributed by atoms with Crippen LogP contribution in [-0.2, 0) is 15.9 Å². The fraction of sp³-hybridized carbons (Fsp3) is 0.379. The zero-order valence-electron chi connectivity index (χ0n) is 19.9. The summed E-state index contributed by atoms with van der Waals surface area (Å²) in [4.78, 5) is 0. The van der Waals surface area contributed by atoms with Crippen molar-refractivity contribution in [1.82, 2.24) is 0 Å². The normalized spacial score (nSPS) is 17.5. The monoisotopic (exact) mass is 464 g/mol. The first-order valence-electron chi connectivity index (χ1n) is 11.9. The van der Waals surface area contributed by atoms with Gasteiger partial charge < -0.3 is 19.3 Å². The quantitative estimate of drug-likeness (QED) is 0.273. The third-order valence-corrected chi connectivity index (χ3v) is 6.77. The Balaban J connectivity index is 1.51. The molecular weight excluding hydrogens is 431 g/mol.